The number of fused-ring (bicyclic) bond motifs is 1. The van der Waals surface area contributed by atoms with Gasteiger partial charge in [-0.25, -0.2) is 4.79 Å². The van der Waals surface area contributed by atoms with E-state index in [0.717, 1.165) is 33.6 Å². The van der Waals surface area contributed by atoms with Crippen LogP contribution in [0.25, 0.3) is 6.08 Å². The molecule has 0 amide bonds. The van der Waals surface area contributed by atoms with Gasteiger partial charge in [0.2, 0.25) is 0 Å². The number of aryl methyl sites for hydroxylation is 1. The van der Waals surface area contributed by atoms with E-state index in [1.54, 1.807) is 6.92 Å². The van der Waals surface area contributed by atoms with Crippen molar-refractivity contribution >= 4 is 23.6 Å². The fourth-order valence-corrected chi connectivity index (χ4v) is 2.82. The van der Waals surface area contributed by atoms with Gasteiger partial charge in [0.1, 0.15) is 12.4 Å². The Balaban J connectivity index is 2.13. The lowest BCUT2D eigenvalue weighted by molar-refractivity contribution is -0.137. The third kappa shape index (κ3) is 5.36. The van der Waals surface area contributed by atoms with Gasteiger partial charge in [0.15, 0.2) is 0 Å². The molecule has 0 N–H and O–H groups in total. The van der Waals surface area contributed by atoms with Gasteiger partial charge in [-0.05, 0) is 68.2 Å². The molecular formula is C21H23ClO3. The predicted octanol–water partition coefficient (Wildman–Crippen LogP) is 5.44. The molecular weight excluding hydrogens is 336 g/mol. The highest BCUT2D eigenvalue weighted by molar-refractivity contribution is 6.30. The van der Waals surface area contributed by atoms with Gasteiger partial charge in [-0.1, -0.05) is 29.8 Å². The van der Waals surface area contributed by atoms with E-state index in [-0.39, 0.29) is 5.97 Å². The lowest BCUT2D eigenvalue weighted by atomic mass is 10.00. The van der Waals surface area contributed by atoms with Gasteiger partial charge >= 0.3 is 5.97 Å². The standard InChI is InChI=1S/C21H23ClO3/c1-5-24-20(23)9-14(2)7-6-8-15(3)18-11-17-12-19(22)10-16(4)21(17)25-13-18/h6-12H,5,13H2,1-4H3. The minimum atomic E-state index is -0.322. The fraction of sp³-hybridized carbons (Fsp3) is 0.286. The van der Waals surface area contributed by atoms with Gasteiger partial charge < -0.3 is 9.47 Å². The SMILES string of the molecule is CCOC(=O)C=C(C)C=CC=C(C)C1=Cc2cc(Cl)cc(C)c2OC1. The molecule has 0 atom stereocenters. The molecule has 0 bridgehead atoms. The van der Waals surface area contributed by atoms with Crippen LogP contribution in [-0.2, 0) is 9.53 Å². The van der Waals surface area contributed by atoms with Crippen LogP contribution in [0.3, 0.4) is 0 Å². The van der Waals surface area contributed by atoms with E-state index in [1.807, 2.05) is 51.1 Å². The first kappa shape index (κ1) is 19.1. The van der Waals surface area contributed by atoms with Crippen LogP contribution in [0.1, 0.15) is 31.9 Å². The van der Waals surface area contributed by atoms with E-state index in [9.17, 15) is 4.79 Å². The first-order valence-corrected chi connectivity index (χ1v) is 8.62. The van der Waals surface area contributed by atoms with Crippen molar-refractivity contribution in [1.82, 2.24) is 0 Å². The van der Waals surface area contributed by atoms with Crippen LogP contribution in [0.15, 0.2) is 53.2 Å². The molecule has 1 aromatic rings. The number of rotatable bonds is 5. The highest BCUT2D eigenvalue weighted by Crippen LogP contribution is 2.34. The van der Waals surface area contributed by atoms with E-state index < -0.39 is 0 Å². The van der Waals surface area contributed by atoms with Crippen LogP contribution in [0.5, 0.6) is 5.75 Å². The molecule has 1 heterocycles. The molecule has 1 aromatic carbocycles. The summed E-state index contributed by atoms with van der Waals surface area (Å²) < 4.78 is 10.8. The van der Waals surface area contributed by atoms with Gasteiger partial charge in [0.05, 0.1) is 6.61 Å². The highest BCUT2D eigenvalue weighted by atomic mass is 35.5. The number of esters is 1. The summed E-state index contributed by atoms with van der Waals surface area (Å²) in [6.07, 6.45) is 9.38. The van der Waals surface area contributed by atoms with Crippen molar-refractivity contribution < 1.29 is 14.3 Å². The summed E-state index contributed by atoms with van der Waals surface area (Å²) in [5.41, 5.74) is 5.08. The van der Waals surface area contributed by atoms with Crippen molar-refractivity contribution in [3.8, 4) is 5.75 Å². The van der Waals surface area contributed by atoms with Crippen LogP contribution in [0.2, 0.25) is 5.02 Å². The normalized spacial score (nSPS) is 14.8. The number of hydrogen-bond acceptors (Lipinski definition) is 3. The van der Waals surface area contributed by atoms with Crippen molar-refractivity contribution in [2.75, 3.05) is 13.2 Å². The zero-order chi connectivity index (χ0) is 18.4. The number of carbonyl (C=O) groups excluding carboxylic acids is 1. The van der Waals surface area contributed by atoms with Gasteiger partial charge in [-0.15, -0.1) is 0 Å². The molecule has 4 heteroatoms. The van der Waals surface area contributed by atoms with Gasteiger partial charge in [0.25, 0.3) is 0 Å². The van der Waals surface area contributed by atoms with E-state index in [4.69, 9.17) is 21.1 Å². The topological polar surface area (TPSA) is 35.5 Å². The van der Waals surface area contributed by atoms with Crippen LogP contribution >= 0.6 is 11.6 Å². The van der Waals surface area contributed by atoms with Gasteiger partial charge in [-0.2, -0.15) is 0 Å². The maximum atomic E-state index is 11.4. The van der Waals surface area contributed by atoms with Crippen molar-refractivity contribution in [3.05, 3.63) is 69.3 Å². The van der Waals surface area contributed by atoms with Crippen LogP contribution in [0.4, 0.5) is 0 Å². The zero-order valence-corrected chi connectivity index (χ0v) is 15.8. The maximum absolute atomic E-state index is 11.4. The minimum Gasteiger partial charge on any atom is -0.488 e. The number of ether oxygens (including phenoxy) is 2. The molecule has 25 heavy (non-hydrogen) atoms. The van der Waals surface area contributed by atoms with E-state index in [1.165, 1.54) is 6.08 Å². The van der Waals surface area contributed by atoms with Gasteiger partial charge in [0, 0.05) is 16.7 Å². The van der Waals surface area contributed by atoms with Crippen LogP contribution in [0, 0.1) is 6.92 Å². The summed E-state index contributed by atoms with van der Waals surface area (Å²) in [5, 5.41) is 0.707. The van der Waals surface area contributed by atoms with Crippen molar-refractivity contribution in [1.29, 1.82) is 0 Å². The molecule has 3 nitrogen and oxygen atoms in total. The lowest BCUT2D eigenvalue weighted by Gasteiger charge is -2.20. The first-order valence-electron chi connectivity index (χ1n) is 8.24. The summed E-state index contributed by atoms with van der Waals surface area (Å²) >= 11 is 6.14. The largest absolute Gasteiger partial charge is 0.488 e. The van der Waals surface area contributed by atoms with Crippen LogP contribution < -0.4 is 4.74 Å². The number of carbonyl (C=O) groups is 1. The number of halogens is 1. The Morgan fingerprint density at radius 3 is 2.84 bits per heavy atom. The molecule has 0 aromatic heterocycles. The first-order chi connectivity index (χ1) is 11.9. The second-order valence-corrected chi connectivity index (χ2v) is 6.38. The fourth-order valence-electron chi connectivity index (χ4n) is 2.54. The third-order valence-corrected chi connectivity index (χ3v) is 4.03. The summed E-state index contributed by atoms with van der Waals surface area (Å²) in [7, 11) is 0. The molecule has 0 saturated carbocycles. The van der Waals surface area contributed by atoms with Gasteiger partial charge in [-0.3, -0.25) is 0 Å². The molecule has 0 unspecified atom stereocenters. The van der Waals surface area contributed by atoms with Crippen LogP contribution in [-0.4, -0.2) is 19.2 Å². The Bertz CT molecular complexity index is 783. The van der Waals surface area contributed by atoms with E-state index in [0.29, 0.717) is 18.2 Å². The molecule has 0 spiro atoms. The average Bonchev–Trinajstić information content (AvgIpc) is 2.54. The second kappa shape index (κ2) is 8.72. The molecule has 132 valence electrons. The highest BCUT2D eigenvalue weighted by Gasteiger charge is 2.15. The monoisotopic (exact) mass is 358 g/mol. The quantitative estimate of drug-likeness (QED) is 0.399. The Morgan fingerprint density at radius 2 is 2.12 bits per heavy atom. The summed E-state index contributed by atoms with van der Waals surface area (Å²) in [4.78, 5) is 11.4. The second-order valence-electron chi connectivity index (χ2n) is 5.95. The smallest absolute Gasteiger partial charge is 0.330 e. The molecule has 0 saturated heterocycles. The summed E-state index contributed by atoms with van der Waals surface area (Å²) in [6, 6.07) is 3.82. The molecule has 2 rings (SSSR count). The molecule has 1 aliphatic heterocycles. The lowest BCUT2D eigenvalue weighted by Crippen LogP contribution is -2.09. The predicted molar refractivity (Wildman–Crippen MR) is 103 cm³/mol. The van der Waals surface area contributed by atoms with E-state index in [2.05, 4.69) is 6.08 Å². The number of benzene rings is 1. The molecule has 0 aliphatic carbocycles. The summed E-state index contributed by atoms with van der Waals surface area (Å²) in [5.74, 6) is 0.572. The van der Waals surface area contributed by atoms with Crippen molar-refractivity contribution in [3.63, 3.8) is 0 Å². The Kier molecular flexibility index (Phi) is 6.65. The Hall–Kier alpha value is -2.26. The average molecular weight is 359 g/mol. The molecule has 0 fully saturated rings. The number of hydrogen-bond donors (Lipinski definition) is 0. The maximum Gasteiger partial charge on any atom is 0.330 e. The van der Waals surface area contributed by atoms with Crippen molar-refractivity contribution in [2.45, 2.75) is 27.7 Å². The summed E-state index contributed by atoms with van der Waals surface area (Å²) in [6.45, 7) is 8.59. The zero-order valence-electron chi connectivity index (χ0n) is 15.1. The Morgan fingerprint density at radius 1 is 1.36 bits per heavy atom. The molecule has 1 aliphatic rings. The third-order valence-electron chi connectivity index (χ3n) is 3.81. The molecule has 0 radical (unpaired) electrons. The van der Waals surface area contributed by atoms with E-state index >= 15 is 0 Å². The van der Waals surface area contributed by atoms with Crippen molar-refractivity contribution in [2.24, 2.45) is 0 Å². The Labute approximate surface area is 154 Å². The minimum absolute atomic E-state index is 0.322. The number of allylic oxidation sites excluding steroid dienone is 4.